The molecule has 1 fully saturated rings. The number of morpholine rings is 1. The van der Waals surface area contributed by atoms with Crippen molar-refractivity contribution in [2.24, 2.45) is 11.8 Å². The van der Waals surface area contributed by atoms with Crippen molar-refractivity contribution in [1.82, 2.24) is 10.2 Å². The van der Waals surface area contributed by atoms with Crippen molar-refractivity contribution in [2.75, 3.05) is 32.8 Å². The second-order valence-corrected chi connectivity index (χ2v) is 7.20. The highest BCUT2D eigenvalue weighted by Crippen LogP contribution is 2.12. The molecule has 4 nitrogen and oxygen atoms in total. The van der Waals surface area contributed by atoms with Gasteiger partial charge in [-0.2, -0.15) is 0 Å². The molecule has 1 aromatic rings. The van der Waals surface area contributed by atoms with Gasteiger partial charge in [-0.3, -0.25) is 4.79 Å². The molecule has 0 saturated carbocycles. The summed E-state index contributed by atoms with van der Waals surface area (Å²) in [5.41, 5.74) is 1.38. The summed E-state index contributed by atoms with van der Waals surface area (Å²) in [6.07, 6.45) is 2.22. The fourth-order valence-corrected chi connectivity index (χ4v) is 3.08. The fourth-order valence-electron chi connectivity index (χ4n) is 3.08. The smallest absolute Gasteiger partial charge is 0.240 e. The Balaban J connectivity index is 1.78. The van der Waals surface area contributed by atoms with Gasteiger partial charge in [-0.25, -0.2) is 0 Å². The molecule has 1 aromatic carbocycles. The van der Waals surface area contributed by atoms with Gasteiger partial charge in [0.1, 0.15) is 0 Å². The summed E-state index contributed by atoms with van der Waals surface area (Å²) in [6, 6.07) is 10.5. The Labute approximate surface area is 146 Å². The van der Waals surface area contributed by atoms with E-state index in [1.54, 1.807) is 0 Å². The lowest BCUT2D eigenvalue weighted by Crippen LogP contribution is -2.53. The number of hydrogen-bond acceptors (Lipinski definition) is 3. The van der Waals surface area contributed by atoms with E-state index in [4.69, 9.17) is 4.74 Å². The molecule has 1 amide bonds. The first kappa shape index (κ1) is 18.9. The summed E-state index contributed by atoms with van der Waals surface area (Å²) >= 11 is 0. The Kier molecular flexibility index (Phi) is 7.73. The SMILES string of the molecule is CC(C)[C@@H](NC[C@H](C)CCc1ccccc1)C(=O)N1CCOCC1. The van der Waals surface area contributed by atoms with Gasteiger partial charge in [0.2, 0.25) is 5.91 Å². The first-order valence-corrected chi connectivity index (χ1v) is 9.21. The Morgan fingerprint density at radius 2 is 1.83 bits per heavy atom. The van der Waals surface area contributed by atoms with E-state index >= 15 is 0 Å². The van der Waals surface area contributed by atoms with Crippen molar-refractivity contribution in [3.8, 4) is 0 Å². The average Bonchev–Trinajstić information content (AvgIpc) is 2.61. The lowest BCUT2D eigenvalue weighted by atomic mass is 9.98. The number of nitrogens with one attached hydrogen (secondary N) is 1. The van der Waals surface area contributed by atoms with Crippen LogP contribution in [0.3, 0.4) is 0 Å². The molecular weight excluding hydrogens is 300 g/mol. The standard InChI is InChI=1S/C20H32N2O2/c1-16(2)19(20(23)22-11-13-24-14-12-22)21-15-17(3)9-10-18-7-5-4-6-8-18/h4-8,16-17,19,21H,9-15H2,1-3H3/t17-,19-/m1/s1. The molecule has 0 radical (unpaired) electrons. The van der Waals surface area contributed by atoms with Gasteiger partial charge in [-0.15, -0.1) is 0 Å². The van der Waals surface area contributed by atoms with E-state index in [1.807, 2.05) is 4.90 Å². The summed E-state index contributed by atoms with van der Waals surface area (Å²) in [6.45, 7) is 10.1. The van der Waals surface area contributed by atoms with E-state index < -0.39 is 0 Å². The van der Waals surface area contributed by atoms with E-state index in [-0.39, 0.29) is 11.9 Å². The summed E-state index contributed by atoms with van der Waals surface area (Å²) in [5.74, 6) is 1.06. The largest absolute Gasteiger partial charge is 0.378 e. The number of benzene rings is 1. The molecular formula is C20H32N2O2. The number of hydrogen-bond donors (Lipinski definition) is 1. The minimum absolute atomic E-state index is 0.0951. The van der Waals surface area contributed by atoms with Crippen LogP contribution >= 0.6 is 0 Å². The fraction of sp³-hybridized carbons (Fsp3) is 0.650. The lowest BCUT2D eigenvalue weighted by Gasteiger charge is -2.32. The third-order valence-corrected chi connectivity index (χ3v) is 4.71. The number of ether oxygens (including phenoxy) is 1. The van der Waals surface area contributed by atoms with E-state index in [1.165, 1.54) is 5.56 Å². The van der Waals surface area contributed by atoms with Gasteiger partial charge in [0.05, 0.1) is 19.3 Å². The van der Waals surface area contributed by atoms with Crippen LogP contribution < -0.4 is 5.32 Å². The zero-order valence-electron chi connectivity index (χ0n) is 15.3. The number of nitrogens with zero attached hydrogens (tertiary/aromatic N) is 1. The predicted molar refractivity (Wildman–Crippen MR) is 98.0 cm³/mol. The normalized spacial score (nSPS) is 17.8. The van der Waals surface area contributed by atoms with Gasteiger partial charge >= 0.3 is 0 Å². The van der Waals surface area contributed by atoms with Gasteiger partial charge in [-0.05, 0) is 36.8 Å². The molecule has 1 saturated heterocycles. The molecule has 2 atom stereocenters. The molecule has 0 spiro atoms. The minimum atomic E-state index is -0.0951. The first-order chi connectivity index (χ1) is 11.6. The van der Waals surface area contributed by atoms with Crippen LogP contribution in [-0.4, -0.2) is 49.7 Å². The number of amides is 1. The van der Waals surface area contributed by atoms with Gasteiger partial charge in [0.15, 0.2) is 0 Å². The van der Waals surface area contributed by atoms with Crippen molar-refractivity contribution >= 4 is 5.91 Å². The molecule has 2 rings (SSSR count). The van der Waals surface area contributed by atoms with Crippen molar-refractivity contribution in [1.29, 1.82) is 0 Å². The summed E-state index contributed by atoms with van der Waals surface area (Å²) in [4.78, 5) is 14.7. The highest BCUT2D eigenvalue weighted by Gasteiger charge is 2.28. The minimum Gasteiger partial charge on any atom is -0.378 e. The van der Waals surface area contributed by atoms with E-state index in [2.05, 4.69) is 56.4 Å². The molecule has 24 heavy (non-hydrogen) atoms. The van der Waals surface area contributed by atoms with Crippen LogP contribution in [0, 0.1) is 11.8 Å². The second kappa shape index (κ2) is 9.80. The maximum atomic E-state index is 12.7. The number of carbonyl (C=O) groups is 1. The Morgan fingerprint density at radius 1 is 1.17 bits per heavy atom. The van der Waals surface area contributed by atoms with Crippen molar-refractivity contribution in [3.63, 3.8) is 0 Å². The average molecular weight is 332 g/mol. The van der Waals surface area contributed by atoms with Crippen molar-refractivity contribution in [2.45, 2.75) is 39.7 Å². The van der Waals surface area contributed by atoms with Gasteiger partial charge in [0.25, 0.3) is 0 Å². The predicted octanol–water partition coefficient (Wildman–Crippen LogP) is 2.73. The van der Waals surface area contributed by atoms with E-state index in [9.17, 15) is 4.79 Å². The Morgan fingerprint density at radius 3 is 2.46 bits per heavy atom. The molecule has 1 aliphatic heterocycles. The van der Waals surface area contributed by atoms with Crippen LogP contribution in [0.15, 0.2) is 30.3 Å². The summed E-state index contributed by atoms with van der Waals surface area (Å²) < 4.78 is 5.35. The molecule has 0 aliphatic carbocycles. The Hall–Kier alpha value is -1.39. The Bertz CT molecular complexity index is 484. The van der Waals surface area contributed by atoms with Crippen LogP contribution in [-0.2, 0) is 16.0 Å². The zero-order chi connectivity index (χ0) is 17.4. The number of aryl methyl sites for hydroxylation is 1. The van der Waals surface area contributed by atoms with Crippen LogP contribution in [0.2, 0.25) is 0 Å². The van der Waals surface area contributed by atoms with Crippen molar-refractivity contribution < 1.29 is 9.53 Å². The highest BCUT2D eigenvalue weighted by atomic mass is 16.5. The third-order valence-electron chi connectivity index (χ3n) is 4.71. The quantitative estimate of drug-likeness (QED) is 0.796. The molecule has 4 heteroatoms. The molecule has 0 aromatic heterocycles. The topological polar surface area (TPSA) is 41.6 Å². The number of rotatable bonds is 8. The van der Waals surface area contributed by atoms with Crippen LogP contribution in [0.4, 0.5) is 0 Å². The third kappa shape index (κ3) is 5.91. The second-order valence-electron chi connectivity index (χ2n) is 7.20. The molecule has 0 unspecified atom stereocenters. The maximum absolute atomic E-state index is 12.7. The van der Waals surface area contributed by atoms with Gasteiger partial charge in [0, 0.05) is 13.1 Å². The highest BCUT2D eigenvalue weighted by molar-refractivity contribution is 5.82. The molecule has 1 N–H and O–H groups in total. The molecule has 1 aliphatic rings. The monoisotopic (exact) mass is 332 g/mol. The van der Waals surface area contributed by atoms with Gasteiger partial charge in [-0.1, -0.05) is 51.1 Å². The summed E-state index contributed by atoms with van der Waals surface area (Å²) in [5, 5.41) is 3.52. The molecule has 0 bridgehead atoms. The maximum Gasteiger partial charge on any atom is 0.240 e. The van der Waals surface area contributed by atoms with Gasteiger partial charge < -0.3 is 15.0 Å². The summed E-state index contributed by atoms with van der Waals surface area (Å²) in [7, 11) is 0. The van der Waals surface area contributed by atoms with Crippen LogP contribution in [0.25, 0.3) is 0 Å². The van der Waals surface area contributed by atoms with E-state index in [0.717, 1.165) is 19.4 Å². The molecule has 134 valence electrons. The first-order valence-electron chi connectivity index (χ1n) is 9.21. The van der Waals surface area contributed by atoms with Crippen LogP contribution in [0.1, 0.15) is 32.8 Å². The number of carbonyl (C=O) groups excluding carboxylic acids is 1. The van der Waals surface area contributed by atoms with Crippen molar-refractivity contribution in [3.05, 3.63) is 35.9 Å². The zero-order valence-corrected chi connectivity index (χ0v) is 15.3. The lowest BCUT2D eigenvalue weighted by molar-refractivity contribution is -0.138. The molecule has 1 heterocycles. The van der Waals surface area contributed by atoms with E-state index in [0.29, 0.717) is 38.1 Å². The van der Waals surface area contributed by atoms with Crippen LogP contribution in [0.5, 0.6) is 0 Å².